The Balaban J connectivity index is 1.90. The van der Waals surface area contributed by atoms with Gasteiger partial charge in [0.2, 0.25) is 0 Å². The maximum atomic E-state index is 6.13. The normalized spacial score (nSPS) is 35.5. The van der Waals surface area contributed by atoms with Crippen LogP contribution in [0.15, 0.2) is 11.8 Å². The molecule has 2 bridgehead atoms. The highest BCUT2D eigenvalue weighted by molar-refractivity contribution is 4.98. The minimum Gasteiger partial charge on any atom is -0.495 e. The molecule has 0 saturated carbocycles. The molecule has 2 atom stereocenters. The Morgan fingerprint density at radius 2 is 1.71 bits per heavy atom. The van der Waals surface area contributed by atoms with E-state index in [0.717, 1.165) is 5.92 Å². The molecule has 2 aliphatic rings. The van der Waals surface area contributed by atoms with E-state index in [9.17, 15) is 0 Å². The monoisotopic (exact) mass is 236 g/mol. The van der Waals surface area contributed by atoms with Crippen LogP contribution in [0, 0.1) is 5.92 Å². The standard InChI is InChI=1S/C16H28O/c1-14-12-15-10-8-6-4-2-3-5-7-9-11-16(13-14)17-15/h10,14,16H,2-9,11-13H2,1H3/b15-10-. The van der Waals surface area contributed by atoms with Crippen LogP contribution < -0.4 is 0 Å². The summed E-state index contributed by atoms with van der Waals surface area (Å²) >= 11 is 0. The average molecular weight is 236 g/mol. The van der Waals surface area contributed by atoms with Crippen LogP contribution in [-0.4, -0.2) is 6.10 Å². The highest BCUT2D eigenvalue weighted by Gasteiger charge is 2.22. The molecule has 0 amide bonds. The zero-order chi connectivity index (χ0) is 11.9. The van der Waals surface area contributed by atoms with Gasteiger partial charge in [0.05, 0.1) is 11.9 Å². The number of allylic oxidation sites excluding steroid dienone is 2. The largest absolute Gasteiger partial charge is 0.495 e. The van der Waals surface area contributed by atoms with Crippen LogP contribution >= 0.6 is 0 Å². The quantitative estimate of drug-likeness (QED) is 0.561. The van der Waals surface area contributed by atoms with Crippen molar-refractivity contribution in [3.8, 4) is 0 Å². The van der Waals surface area contributed by atoms with E-state index >= 15 is 0 Å². The van der Waals surface area contributed by atoms with Gasteiger partial charge in [0.15, 0.2) is 0 Å². The highest BCUT2D eigenvalue weighted by atomic mass is 16.5. The van der Waals surface area contributed by atoms with E-state index < -0.39 is 0 Å². The van der Waals surface area contributed by atoms with Gasteiger partial charge in [-0.2, -0.15) is 0 Å². The van der Waals surface area contributed by atoms with Crippen LogP contribution in [-0.2, 0) is 4.74 Å². The Kier molecular flexibility index (Phi) is 5.41. The van der Waals surface area contributed by atoms with Crippen molar-refractivity contribution in [2.24, 2.45) is 5.92 Å². The van der Waals surface area contributed by atoms with Crippen LogP contribution in [0.3, 0.4) is 0 Å². The average Bonchev–Trinajstić information content (AvgIpc) is 2.31. The second-order valence-electron chi connectivity index (χ2n) is 6.01. The van der Waals surface area contributed by atoms with E-state index in [1.807, 2.05) is 0 Å². The zero-order valence-corrected chi connectivity index (χ0v) is 11.4. The van der Waals surface area contributed by atoms with Crippen LogP contribution in [0.1, 0.15) is 77.6 Å². The van der Waals surface area contributed by atoms with E-state index in [1.54, 1.807) is 0 Å². The molecular formula is C16H28O. The molecular weight excluding hydrogens is 208 g/mol. The molecule has 2 unspecified atom stereocenters. The van der Waals surface area contributed by atoms with E-state index in [2.05, 4.69) is 13.0 Å². The van der Waals surface area contributed by atoms with Crippen molar-refractivity contribution in [2.45, 2.75) is 83.7 Å². The third kappa shape index (κ3) is 4.73. The van der Waals surface area contributed by atoms with Gasteiger partial charge in [0.25, 0.3) is 0 Å². The Bertz CT molecular complexity index is 244. The lowest BCUT2D eigenvalue weighted by atomic mass is 9.92. The van der Waals surface area contributed by atoms with Crippen LogP contribution in [0.25, 0.3) is 0 Å². The van der Waals surface area contributed by atoms with Crippen molar-refractivity contribution in [1.29, 1.82) is 0 Å². The van der Waals surface area contributed by atoms with Gasteiger partial charge < -0.3 is 4.74 Å². The summed E-state index contributed by atoms with van der Waals surface area (Å²) in [6, 6.07) is 0. The maximum Gasteiger partial charge on any atom is 0.0985 e. The van der Waals surface area contributed by atoms with Crippen molar-refractivity contribution < 1.29 is 4.74 Å². The van der Waals surface area contributed by atoms with Crippen LogP contribution in [0.4, 0.5) is 0 Å². The predicted octanol–water partition coefficient (Wildman–Crippen LogP) is 5.21. The molecule has 2 heterocycles. The molecule has 0 spiro atoms. The second-order valence-corrected chi connectivity index (χ2v) is 6.01. The summed E-state index contributed by atoms with van der Waals surface area (Å²) in [4.78, 5) is 0. The first-order chi connectivity index (χ1) is 8.34. The molecule has 1 nitrogen and oxygen atoms in total. The lowest BCUT2D eigenvalue weighted by Crippen LogP contribution is -2.23. The summed E-state index contributed by atoms with van der Waals surface area (Å²) in [5.74, 6) is 2.12. The molecule has 0 aromatic heterocycles. The van der Waals surface area contributed by atoms with Gasteiger partial charge >= 0.3 is 0 Å². The lowest BCUT2D eigenvalue weighted by molar-refractivity contribution is 0.0426. The van der Waals surface area contributed by atoms with E-state index in [0.29, 0.717) is 6.10 Å². The molecule has 0 radical (unpaired) electrons. The Labute approximate surface area is 107 Å². The molecule has 1 heteroatoms. The molecule has 98 valence electrons. The maximum absolute atomic E-state index is 6.13. The van der Waals surface area contributed by atoms with E-state index in [-0.39, 0.29) is 0 Å². The zero-order valence-electron chi connectivity index (χ0n) is 11.4. The fraction of sp³-hybridized carbons (Fsp3) is 0.875. The van der Waals surface area contributed by atoms with Gasteiger partial charge in [-0.3, -0.25) is 0 Å². The van der Waals surface area contributed by atoms with E-state index in [4.69, 9.17) is 4.74 Å². The molecule has 0 aliphatic carbocycles. The smallest absolute Gasteiger partial charge is 0.0985 e. The highest BCUT2D eigenvalue weighted by Crippen LogP contribution is 2.30. The van der Waals surface area contributed by atoms with Gasteiger partial charge in [0.1, 0.15) is 0 Å². The van der Waals surface area contributed by atoms with Gasteiger partial charge in [-0.25, -0.2) is 0 Å². The first-order valence-corrected chi connectivity index (χ1v) is 7.70. The molecule has 17 heavy (non-hydrogen) atoms. The third-order valence-corrected chi connectivity index (χ3v) is 4.14. The predicted molar refractivity (Wildman–Crippen MR) is 72.9 cm³/mol. The first-order valence-electron chi connectivity index (χ1n) is 7.70. The van der Waals surface area contributed by atoms with Gasteiger partial charge in [-0.15, -0.1) is 0 Å². The summed E-state index contributed by atoms with van der Waals surface area (Å²) in [5.41, 5.74) is 0. The topological polar surface area (TPSA) is 9.23 Å². The number of hydrogen-bond acceptors (Lipinski definition) is 1. The van der Waals surface area contributed by atoms with Crippen molar-refractivity contribution in [1.82, 2.24) is 0 Å². The minimum absolute atomic E-state index is 0.519. The molecule has 1 fully saturated rings. The summed E-state index contributed by atoms with van der Waals surface area (Å²) in [5, 5.41) is 0. The summed E-state index contributed by atoms with van der Waals surface area (Å²) < 4.78 is 6.13. The first kappa shape index (κ1) is 13.0. The molecule has 1 saturated heterocycles. The number of ether oxygens (including phenoxy) is 1. The number of rotatable bonds is 0. The van der Waals surface area contributed by atoms with Crippen LogP contribution in [0.2, 0.25) is 0 Å². The van der Waals surface area contributed by atoms with E-state index in [1.165, 1.54) is 76.4 Å². The Hall–Kier alpha value is -0.460. The number of hydrogen-bond donors (Lipinski definition) is 0. The van der Waals surface area contributed by atoms with Crippen molar-refractivity contribution in [3.05, 3.63) is 11.8 Å². The van der Waals surface area contributed by atoms with Crippen molar-refractivity contribution in [2.75, 3.05) is 0 Å². The molecule has 0 aromatic rings. The third-order valence-electron chi connectivity index (χ3n) is 4.14. The fourth-order valence-electron chi connectivity index (χ4n) is 3.16. The second kappa shape index (κ2) is 7.08. The minimum atomic E-state index is 0.519. The van der Waals surface area contributed by atoms with Gasteiger partial charge in [-0.1, -0.05) is 39.0 Å². The molecule has 2 aliphatic heterocycles. The van der Waals surface area contributed by atoms with Crippen molar-refractivity contribution >= 4 is 0 Å². The SMILES string of the molecule is CC1C/C2=C/CCCCCCCCCC(C1)O2. The Morgan fingerprint density at radius 3 is 2.53 bits per heavy atom. The number of fused-ring (bicyclic) bond motifs is 2. The lowest BCUT2D eigenvalue weighted by Gasteiger charge is -2.30. The molecule has 0 N–H and O–H groups in total. The van der Waals surface area contributed by atoms with Gasteiger partial charge in [0, 0.05) is 6.42 Å². The van der Waals surface area contributed by atoms with Gasteiger partial charge in [-0.05, 0) is 44.1 Å². The fourth-order valence-corrected chi connectivity index (χ4v) is 3.16. The summed E-state index contributed by atoms with van der Waals surface area (Å²) in [6.45, 7) is 2.38. The Morgan fingerprint density at radius 1 is 1.00 bits per heavy atom. The molecule has 0 aromatic carbocycles. The summed E-state index contributed by atoms with van der Waals surface area (Å²) in [6.07, 6.45) is 17.7. The van der Waals surface area contributed by atoms with Crippen molar-refractivity contribution in [3.63, 3.8) is 0 Å². The summed E-state index contributed by atoms with van der Waals surface area (Å²) in [7, 11) is 0. The van der Waals surface area contributed by atoms with Crippen LogP contribution in [0.5, 0.6) is 0 Å². The molecule has 2 rings (SSSR count).